The molecule has 46 heavy (non-hydrogen) atoms. The Labute approximate surface area is 254 Å². The van der Waals surface area contributed by atoms with E-state index in [-0.39, 0.29) is 39.4 Å². The molecule has 0 fully saturated rings. The van der Waals surface area contributed by atoms with Gasteiger partial charge in [0, 0.05) is 16.7 Å². The van der Waals surface area contributed by atoms with Gasteiger partial charge in [0.2, 0.25) is 6.19 Å². The van der Waals surface area contributed by atoms with Crippen molar-refractivity contribution >= 4 is 22.8 Å². The molecule has 3 aliphatic rings. The molecule has 4 aromatic carbocycles. The first-order valence-corrected chi connectivity index (χ1v) is 13.5. The number of halogens is 8. The lowest BCUT2D eigenvalue weighted by atomic mass is 9.97. The predicted octanol–water partition coefficient (Wildman–Crippen LogP) is 8.36. The molecule has 4 aromatic rings. The van der Waals surface area contributed by atoms with Crippen LogP contribution in [0.2, 0.25) is 0 Å². The van der Waals surface area contributed by atoms with Crippen LogP contribution in [0, 0.1) is 28.5 Å². The maximum absolute atomic E-state index is 14.2. The fraction of sp³-hybridized carbons (Fsp3) is 0.121. The minimum Gasteiger partial charge on any atom is -0.298 e. The largest absolute Gasteiger partial charge is 0.416 e. The molecular weight excluding hydrogens is 618 g/mol. The van der Waals surface area contributed by atoms with Crippen LogP contribution in [-0.2, 0) is 12.4 Å². The number of nitrogens with one attached hydrogen (secondary N) is 1. The van der Waals surface area contributed by atoms with E-state index in [2.05, 4.69) is 4.99 Å². The smallest absolute Gasteiger partial charge is 0.298 e. The molecule has 2 atom stereocenters. The summed E-state index contributed by atoms with van der Waals surface area (Å²) in [6.07, 6.45) is -7.82. The first kappa shape index (κ1) is 29.2. The van der Waals surface area contributed by atoms with Crippen molar-refractivity contribution in [2.75, 3.05) is 0 Å². The Balaban J connectivity index is 1.29. The first-order chi connectivity index (χ1) is 21.7. The summed E-state index contributed by atoms with van der Waals surface area (Å²) in [5, 5.41) is 18.3. The molecule has 0 saturated carbocycles. The van der Waals surface area contributed by atoms with Gasteiger partial charge in [-0.05, 0) is 76.3 Å². The number of fused-ring (bicyclic) bond motifs is 6. The van der Waals surface area contributed by atoms with Crippen molar-refractivity contribution in [3.05, 3.63) is 118 Å². The van der Waals surface area contributed by atoms with Crippen LogP contribution in [0.25, 0.3) is 22.3 Å². The third-order valence-corrected chi connectivity index (χ3v) is 8.06. The van der Waals surface area contributed by atoms with Gasteiger partial charge in [0.25, 0.3) is 0 Å². The van der Waals surface area contributed by atoms with Crippen molar-refractivity contribution in [2.45, 2.75) is 24.4 Å². The van der Waals surface area contributed by atoms with Gasteiger partial charge in [-0.2, -0.15) is 36.6 Å². The van der Waals surface area contributed by atoms with E-state index in [9.17, 15) is 40.4 Å². The molecule has 5 nitrogen and oxygen atoms in total. The highest BCUT2D eigenvalue weighted by Crippen LogP contribution is 2.44. The van der Waals surface area contributed by atoms with Crippen molar-refractivity contribution in [3.8, 4) is 28.4 Å². The molecule has 0 bridgehead atoms. The molecule has 1 N–H and O–H groups in total. The molecule has 1 heterocycles. The Morgan fingerprint density at radius 3 is 1.74 bits per heavy atom. The minimum absolute atomic E-state index is 0.0348. The second-order valence-corrected chi connectivity index (χ2v) is 10.8. The summed E-state index contributed by atoms with van der Waals surface area (Å²) in [6.45, 7) is 0. The summed E-state index contributed by atoms with van der Waals surface area (Å²) < 4.78 is 108. The Morgan fingerprint density at radius 2 is 1.17 bits per heavy atom. The minimum atomic E-state index is -4.77. The van der Waals surface area contributed by atoms with Gasteiger partial charge in [-0.3, -0.25) is 15.4 Å². The third-order valence-electron chi connectivity index (χ3n) is 8.06. The number of nitriles is 1. The second-order valence-electron chi connectivity index (χ2n) is 10.8. The average Bonchev–Trinajstić information content (AvgIpc) is 3.45. The molecule has 1 aliphatic heterocycles. The lowest BCUT2D eigenvalue weighted by Gasteiger charge is -2.20. The van der Waals surface area contributed by atoms with Gasteiger partial charge >= 0.3 is 12.4 Å². The van der Waals surface area contributed by atoms with Crippen LogP contribution in [0.15, 0.2) is 87.8 Å². The summed E-state index contributed by atoms with van der Waals surface area (Å²) in [7, 11) is 0. The summed E-state index contributed by atoms with van der Waals surface area (Å²) in [6, 6.07) is 11.8. The van der Waals surface area contributed by atoms with Crippen molar-refractivity contribution in [1.82, 2.24) is 0 Å². The van der Waals surface area contributed by atoms with E-state index in [0.29, 0.717) is 40.1 Å². The lowest BCUT2D eigenvalue weighted by Crippen LogP contribution is -2.29. The number of hydrogen-bond donors (Lipinski definition) is 1. The standard InChI is InChI=1S/C33H15F8N5/c34-20-7-16(5-18(11-20)32(36,37)38)14-1-3-22-24(9-14)26(43)30-28(22)46-31-27(44-13-42)25-10-15(2-4-23(25)29(31)45-30)17-6-19(33(39,40)41)12-21(35)8-17/h1-12,29,31,43H. The van der Waals surface area contributed by atoms with Gasteiger partial charge in [-0.1, -0.05) is 24.3 Å². The van der Waals surface area contributed by atoms with Crippen LogP contribution in [0.4, 0.5) is 35.1 Å². The zero-order valence-corrected chi connectivity index (χ0v) is 22.9. The van der Waals surface area contributed by atoms with E-state index in [1.165, 1.54) is 24.3 Å². The molecule has 228 valence electrons. The number of nitrogens with zero attached hydrogens (tertiary/aromatic N) is 4. The zero-order chi connectivity index (χ0) is 32.7. The van der Waals surface area contributed by atoms with Crippen LogP contribution in [0.1, 0.15) is 39.4 Å². The van der Waals surface area contributed by atoms with Crippen LogP contribution in [0.5, 0.6) is 0 Å². The monoisotopic (exact) mass is 633 g/mol. The van der Waals surface area contributed by atoms with Gasteiger partial charge in [0.15, 0.2) is 0 Å². The van der Waals surface area contributed by atoms with E-state index in [1.807, 2.05) is 0 Å². The molecule has 0 radical (unpaired) electrons. The molecule has 13 heteroatoms. The van der Waals surface area contributed by atoms with Crippen molar-refractivity contribution in [3.63, 3.8) is 0 Å². The van der Waals surface area contributed by atoms with Gasteiger partial charge in [0.05, 0.1) is 28.3 Å². The summed E-state index contributed by atoms with van der Waals surface area (Å²) >= 11 is 0. The molecule has 0 saturated heterocycles. The van der Waals surface area contributed by atoms with Crippen LogP contribution in [-0.4, -0.2) is 28.9 Å². The quantitative estimate of drug-likeness (QED) is 0.175. The Morgan fingerprint density at radius 1 is 0.630 bits per heavy atom. The van der Waals surface area contributed by atoms with Crippen molar-refractivity contribution < 1.29 is 35.1 Å². The van der Waals surface area contributed by atoms with Crippen LogP contribution in [0.3, 0.4) is 0 Å². The molecular formula is C33H15F8N5. The Kier molecular flexibility index (Phi) is 6.35. The number of rotatable bonds is 2. The highest BCUT2D eigenvalue weighted by atomic mass is 19.4. The third kappa shape index (κ3) is 4.68. The number of hydrogen-bond acceptors (Lipinski definition) is 5. The second kappa shape index (κ2) is 10.00. The Bertz CT molecular complexity index is 2150. The van der Waals surface area contributed by atoms with E-state index in [0.717, 1.165) is 24.3 Å². The Hall–Kier alpha value is -5.51. The molecule has 2 aliphatic carbocycles. The topological polar surface area (TPSA) is 84.7 Å². The highest BCUT2D eigenvalue weighted by molar-refractivity contribution is 6.78. The maximum Gasteiger partial charge on any atom is 0.416 e. The SMILES string of the molecule is N#CN=C1c2cc(-c3cc(F)cc(C(F)(F)F)c3)ccc2C2N=C3C(=N)c4cc(-c5cc(F)cc(C(F)(F)F)c5)ccc4C3=NC12. The van der Waals surface area contributed by atoms with Gasteiger partial charge < -0.3 is 0 Å². The lowest BCUT2D eigenvalue weighted by molar-refractivity contribution is -0.138. The van der Waals surface area contributed by atoms with E-state index >= 15 is 0 Å². The molecule has 2 unspecified atom stereocenters. The maximum atomic E-state index is 14.2. The van der Waals surface area contributed by atoms with Gasteiger partial charge in [-0.25, -0.2) is 8.78 Å². The number of aliphatic imine (C=N–C) groups is 3. The average molecular weight is 634 g/mol. The summed E-state index contributed by atoms with van der Waals surface area (Å²) in [4.78, 5) is 13.5. The molecule has 0 spiro atoms. The summed E-state index contributed by atoms with van der Waals surface area (Å²) in [5.74, 6) is -2.14. The zero-order valence-electron chi connectivity index (χ0n) is 22.9. The van der Waals surface area contributed by atoms with Gasteiger partial charge in [0.1, 0.15) is 29.4 Å². The molecule has 7 rings (SSSR count). The number of benzene rings is 4. The molecule has 0 aromatic heterocycles. The van der Waals surface area contributed by atoms with E-state index in [4.69, 9.17) is 15.4 Å². The van der Waals surface area contributed by atoms with E-state index in [1.54, 1.807) is 18.3 Å². The normalized spacial score (nSPS) is 19.2. The van der Waals surface area contributed by atoms with Crippen molar-refractivity contribution in [1.29, 1.82) is 10.7 Å². The number of alkyl halides is 6. The van der Waals surface area contributed by atoms with Gasteiger partial charge in [-0.15, -0.1) is 0 Å². The van der Waals surface area contributed by atoms with E-state index < -0.39 is 47.2 Å². The first-order valence-electron chi connectivity index (χ1n) is 13.5. The van der Waals surface area contributed by atoms with Crippen LogP contribution < -0.4 is 0 Å². The fourth-order valence-corrected chi connectivity index (χ4v) is 6.03. The highest BCUT2D eigenvalue weighted by Gasteiger charge is 2.45. The van der Waals surface area contributed by atoms with Crippen molar-refractivity contribution in [2.24, 2.45) is 15.0 Å². The summed E-state index contributed by atoms with van der Waals surface area (Å²) in [5.41, 5.74) is 0.378. The fourth-order valence-electron chi connectivity index (χ4n) is 6.03. The molecule has 0 amide bonds. The predicted molar refractivity (Wildman–Crippen MR) is 153 cm³/mol. The van der Waals surface area contributed by atoms with Crippen LogP contribution >= 0.6 is 0 Å².